The molecule has 0 aliphatic carbocycles. The third-order valence-electron chi connectivity index (χ3n) is 3.69. The maximum atomic E-state index is 12.6. The van der Waals surface area contributed by atoms with Gasteiger partial charge < -0.3 is 24.2 Å². The predicted molar refractivity (Wildman–Crippen MR) is 86.0 cm³/mol. The molecule has 1 aromatic carbocycles. The van der Waals surface area contributed by atoms with Gasteiger partial charge in [0.05, 0.1) is 19.8 Å². The summed E-state index contributed by atoms with van der Waals surface area (Å²) in [5.41, 5.74) is 0.513. The molecule has 0 radical (unpaired) electrons. The van der Waals surface area contributed by atoms with Gasteiger partial charge in [0.2, 0.25) is 0 Å². The van der Waals surface area contributed by atoms with Crippen molar-refractivity contribution in [3.05, 3.63) is 36.4 Å². The van der Waals surface area contributed by atoms with Crippen LogP contribution in [0.4, 0.5) is 0 Å². The van der Waals surface area contributed by atoms with Gasteiger partial charge >= 0.3 is 0 Å². The summed E-state index contributed by atoms with van der Waals surface area (Å²) in [5, 5.41) is 9.64. The van der Waals surface area contributed by atoms with E-state index in [-0.39, 0.29) is 12.0 Å². The van der Waals surface area contributed by atoms with Crippen LogP contribution in [-0.2, 0) is 4.74 Å². The Morgan fingerprint density at radius 2 is 2.35 bits per heavy atom. The quantitative estimate of drug-likeness (QED) is 0.804. The van der Waals surface area contributed by atoms with Crippen LogP contribution in [0.15, 0.2) is 30.9 Å². The van der Waals surface area contributed by atoms with Gasteiger partial charge in [-0.25, -0.2) is 0 Å². The third-order valence-corrected chi connectivity index (χ3v) is 3.69. The SMILES string of the molecule is C=CCOc1ccc(C(=O)N2CCOC(C(C)O)C2)cc1OC. The van der Waals surface area contributed by atoms with Crippen molar-refractivity contribution in [2.75, 3.05) is 33.4 Å². The second kappa shape index (κ2) is 7.99. The minimum atomic E-state index is -0.616. The lowest BCUT2D eigenvalue weighted by atomic mass is 10.1. The van der Waals surface area contributed by atoms with Crippen LogP contribution < -0.4 is 9.47 Å². The summed E-state index contributed by atoms with van der Waals surface area (Å²) in [6.07, 6.45) is 0.669. The van der Waals surface area contributed by atoms with Crippen LogP contribution in [0.3, 0.4) is 0 Å². The maximum Gasteiger partial charge on any atom is 0.254 e. The number of aliphatic hydroxyl groups excluding tert-OH is 1. The van der Waals surface area contributed by atoms with E-state index in [1.807, 2.05) is 0 Å². The first kappa shape index (κ1) is 17.3. The van der Waals surface area contributed by atoms with Crippen LogP contribution in [0.25, 0.3) is 0 Å². The number of aliphatic hydroxyl groups is 1. The lowest BCUT2D eigenvalue weighted by molar-refractivity contribution is -0.0745. The second-order valence-electron chi connectivity index (χ2n) is 5.37. The largest absolute Gasteiger partial charge is 0.493 e. The molecule has 1 aromatic rings. The van der Waals surface area contributed by atoms with Gasteiger partial charge in [0.1, 0.15) is 12.7 Å². The molecule has 1 aliphatic rings. The summed E-state index contributed by atoms with van der Waals surface area (Å²) in [6.45, 7) is 6.91. The normalized spacial score (nSPS) is 19.1. The molecule has 0 spiro atoms. The van der Waals surface area contributed by atoms with E-state index in [0.717, 1.165) is 0 Å². The summed E-state index contributed by atoms with van der Waals surface area (Å²) < 4.78 is 16.2. The van der Waals surface area contributed by atoms with Crippen LogP contribution in [0.1, 0.15) is 17.3 Å². The number of nitrogens with zero attached hydrogens (tertiary/aromatic N) is 1. The van der Waals surface area contributed by atoms with Gasteiger partial charge in [0.25, 0.3) is 5.91 Å². The average molecular weight is 321 g/mol. The van der Waals surface area contributed by atoms with Gasteiger partial charge in [-0.2, -0.15) is 0 Å². The summed E-state index contributed by atoms with van der Waals surface area (Å²) in [4.78, 5) is 14.3. The topological polar surface area (TPSA) is 68.2 Å². The molecule has 1 heterocycles. The first-order chi connectivity index (χ1) is 11.1. The number of morpholine rings is 1. The van der Waals surface area contributed by atoms with Crippen molar-refractivity contribution < 1.29 is 24.1 Å². The Bertz CT molecular complexity index is 558. The van der Waals surface area contributed by atoms with Crippen molar-refractivity contribution in [2.24, 2.45) is 0 Å². The van der Waals surface area contributed by atoms with E-state index in [4.69, 9.17) is 14.2 Å². The first-order valence-electron chi connectivity index (χ1n) is 7.57. The van der Waals surface area contributed by atoms with Crippen molar-refractivity contribution in [2.45, 2.75) is 19.1 Å². The summed E-state index contributed by atoms with van der Waals surface area (Å²) in [6, 6.07) is 5.08. The monoisotopic (exact) mass is 321 g/mol. The lowest BCUT2D eigenvalue weighted by Crippen LogP contribution is -2.49. The molecule has 2 rings (SSSR count). The van der Waals surface area contributed by atoms with Gasteiger partial charge in [0.15, 0.2) is 11.5 Å². The predicted octanol–water partition coefficient (Wildman–Crippen LogP) is 1.48. The molecule has 23 heavy (non-hydrogen) atoms. The molecule has 2 unspecified atom stereocenters. The van der Waals surface area contributed by atoms with Crippen molar-refractivity contribution in [3.63, 3.8) is 0 Å². The maximum absolute atomic E-state index is 12.6. The number of methoxy groups -OCH3 is 1. The van der Waals surface area contributed by atoms with Crippen LogP contribution in [0.2, 0.25) is 0 Å². The van der Waals surface area contributed by atoms with E-state index >= 15 is 0 Å². The summed E-state index contributed by atoms with van der Waals surface area (Å²) >= 11 is 0. The van der Waals surface area contributed by atoms with Gasteiger partial charge in [-0.1, -0.05) is 12.7 Å². The minimum absolute atomic E-state index is 0.118. The number of benzene rings is 1. The first-order valence-corrected chi connectivity index (χ1v) is 7.57. The molecule has 1 saturated heterocycles. The standard InChI is InChI=1S/C17H23NO5/c1-4-8-22-14-6-5-13(10-15(14)21-3)17(20)18-7-9-23-16(11-18)12(2)19/h4-6,10,12,16,19H,1,7-9,11H2,2-3H3. The molecule has 2 atom stereocenters. The molecule has 6 nitrogen and oxygen atoms in total. The average Bonchev–Trinajstić information content (AvgIpc) is 2.59. The Balaban J connectivity index is 2.14. The number of hydrogen-bond acceptors (Lipinski definition) is 5. The summed E-state index contributed by atoms with van der Waals surface area (Å²) in [7, 11) is 1.53. The fourth-order valence-electron chi connectivity index (χ4n) is 2.40. The van der Waals surface area contributed by atoms with E-state index in [2.05, 4.69) is 6.58 Å². The van der Waals surface area contributed by atoms with Crippen molar-refractivity contribution in [1.82, 2.24) is 4.90 Å². The molecule has 1 amide bonds. The Labute approximate surface area is 136 Å². The number of carbonyl (C=O) groups is 1. The molecule has 0 aromatic heterocycles. The van der Waals surface area contributed by atoms with Crippen LogP contribution in [-0.4, -0.2) is 61.5 Å². The highest BCUT2D eigenvalue weighted by Crippen LogP contribution is 2.29. The van der Waals surface area contributed by atoms with Crippen molar-refractivity contribution in [3.8, 4) is 11.5 Å². The number of ether oxygens (including phenoxy) is 3. The highest BCUT2D eigenvalue weighted by molar-refractivity contribution is 5.95. The van der Waals surface area contributed by atoms with Crippen LogP contribution >= 0.6 is 0 Å². The molecule has 0 bridgehead atoms. The molecular formula is C17H23NO5. The zero-order chi connectivity index (χ0) is 16.8. The van der Waals surface area contributed by atoms with Crippen molar-refractivity contribution in [1.29, 1.82) is 0 Å². The van der Waals surface area contributed by atoms with Crippen LogP contribution in [0.5, 0.6) is 11.5 Å². The molecule has 6 heteroatoms. The van der Waals surface area contributed by atoms with Gasteiger partial charge in [0, 0.05) is 18.7 Å². The smallest absolute Gasteiger partial charge is 0.254 e. The van der Waals surface area contributed by atoms with Gasteiger partial charge in [-0.3, -0.25) is 4.79 Å². The molecule has 1 fully saturated rings. The second-order valence-corrected chi connectivity index (χ2v) is 5.37. The molecule has 1 aliphatic heterocycles. The third kappa shape index (κ3) is 4.24. The van der Waals surface area contributed by atoms with E-state index < -0.39 is 6.10 Å². The zero-order valence-corrected chi connectivity index (χ0v) is 13.5. The molecule has 0 saturated carbocycles. The fraction of sp³-hybridized carbons (Fsp3) is 0.471. The fourth-order valence-corrected chi connectivity index (χ4v) is 2.40. The Hall–Kier alpha value is -2.05. The molecule has 1 N–H and O–H groups in total. The lowest BCUT2D eigenvalue weighted by Gasteiger charge is -2.34. The number of carbonyl (C=O) groups excluding carboxylic acids is 1. The molecule has 126 valence electrons. The highest BCUT2D eigenvalue weighted by atomic mass is 16.5. The van der Waals surface area contributed by atoms with E-state index in [1.165, 1.54) is 7.11 Å². The Morgan fingerprint density at radius 3 is 3.00 bits per heavy atom. The number of rotatable bonds is 6. The van der Waals surface area contributed by atoms with Gasteiger partial charge in [-0.05, 0) is 25.1 Å². The highest BCUT2D eigenvalue weighted by Gasteiger charge is 2.28. The zero-order valence-electron chi connectivity index (χ0n) is 13.5. The van der Waals surface area contributed by atoms with E-state index in [0.29, 0.717) is 43.4 Å². The van der Waals surface area contributed by atoms with Gasteiger partial charge in [-0.15, -0.1) is 0 Å². The minimum Gasteiger partial charge on any atom is -0.493 e. The van der Waals surface area contributed by atoms with Crippen LogP contribution in [0, 0.1) is 0 Å². The Kier molecular flexibility index (Phi) is 6.01. The summed E-state index contributed by atoms with van der Waals surface area (Å²) in [5.74, 6) is 0.943. The number of amides is 1. The van der Waals surface area contributed by atoms with E-state index in [9.17, 15) is 9.90 Å². The molecular weight excluding hydrogens is 298 g/mol. The van der Waals surface area contributed by atoms with E-state index in [1.54, 1.807) is 36.1 Å². The Morgan fingerprint density at radius 1 is 1.57 bits per heavy atom. The van der Waals surface area contributed by atoms with Crippen molar-refractivity contribution >= 4 is 5.91 Å². The number of hydrogen-bond donors (Lipinski definition) is 1.